The molecule has 0 heterocycles. The maximum atomic E-state index is 3.72. The van der Waals surface area contributed by atoms with Crippen LogP contribution in [0.2, 0.25) is 0 Å². The van der Waals surface area contributed by atoms with E-state index in [0.29, 0.717) is 0 Å². The molecule has 106 valence electrons. The molecule has 5 atom stereocenters. The van der Waals surface area contributed by atoms with Gasteiger partial charge in [0.25, 0.3) is 0 Å². The second-order valence-electron chi connectivity index (χ2n) is 6.73. The number of hydrogen-bond acceptors (Lipinski definition) is 2. The summed E-state index contributed by atoms with van der Waals surface area (Å²) in [7, 11) is 2.36. The lowest BCUT2D eigenvalue weighted by atomic mass is 9.80. The molecule has 2 nitrogen and oxygen atoms in total. The zero-order chi connectivity index (χ0) is 13.1. The van der Waals surface area contributed by atoms with Crippen LogP contribution in [-0.2, 0) is 0 Å². The lowest BCUT2D eigenvalue weighted by molar-refractivity contribution is 0.113. The van der Waals surface area contributed by atoms with Crippen LogP contribution in [0.1, 0.15) is 52.9 Å². The van der Waals surface area contributed by atoms with E-state index in [0.717, 1.165) is 36.4 Å². The van der Waals surface area contributed by atoms with E-state index in [4.69, 9.17) is 0 Å². The van der Waals surface area contributed by atoms with Gasteiger partial charge in [-0.15, -0.1) is 0 Å². The Morgan fingerprint density at radius 1 is 1.17 bits per heavy atom. The Balaban J connectivity index is 1.90. The maximum Gasteiger partial charge on any atom is 0.0249 e. The summed E-state index contributed by atoms with van der Waals surface area (Å²) in [4.78, 5) is 2.67. The fourth-order valence-electron chi connectivity index (χ4n) is 3.75. The molecular weight excluding hydrogens is 220 g/mol. The molecule has 2 rings (SSSR count). The van der Waals surface area contributed by atoms with Gasteiger partial charge in [-0.1, -0.05) is 27.2 Å². The predicted octanol–water partition coefficient (Wildman–Crippen LogP) is 3.13. The summed E-state index contributed by atoms with van der Waals surface area (Å²) in [5, 5.41) is 3.72. The van der Waals surface area contributed by atoms with Gasteiger partial charge >= 0.3 is 0 Å². The molecule has 0 aliphatic heterocycles. The van der Waals surface area contributed by atoms with E-state index in [-0.39, 0.29) is 0 Å². The highest BCUT2D eigenvalue weighted by molar-refractivity contribution is 4.93. The third-order valence-corrected chi connectivity index (χ3v) is 5.33. The fourth-order valence-corrected chi connectivity index (χ4v) is 3.75. The molecule has 0 bridgehead atoms. The molecule has 0 amide bonds. The molecule has 1 N–H and O–H groups in total. The topological polar surface area (TPSA) is 15.3 Å². The Morgan fingerprint density at radius 3 is 2.44 bits per heavy atom. The number of likely N-dealkylation sites (N-methyl/N-ethyl adjacent to an activating group) is 2. The minimum atomic E-state index is 0.733. The molecule has 2 saturated carbocycles. The van der Waals surface area contributed by atoms with Crippen molar-refractivity contribution >= 4 is 0 Å². The standard InChI is InChI=1S/C16H32N2/c1-5-13-7-8-15(17-6-2)16(10-13)18(4)11-14-9-12(14)3/h12-17H,5-11H2,1-4H3. The minimum Gasteiger partial charge on any atom is -0.313 e. The van der Waals surface area contributed by atoms with Crippen molar-refractivity contribution in [2.24, 2.45) is 17.8 Å². The van der Waals surface area contributed by atoms with Crippen molar-refractivity contribution in [3.05, 3.63) is 0 Å². The third kappa shape index (κ3) is 3.48. The van der Waals surface area contributed by atoms with Gasteiger partial charge in [-0.25, -0.2) is 0 Å². The first-order valence-corrected chi connectivity index (χ1v) is 8.09. The molecule has 5 unspecified atom stereocenters. The summed E-state index contributed by atoms with van der Waals surface area (Å²) >= 11 is 0. The molecule has 0 aromatic heterocycles. The zero-order valence-electron chi connectivity index (χ0n) is 12.8. The highest BCUT2D eigenvalue weighted by atomic mass is 15.2. The van der Waals surface area contributed by atoms with Crippen molar-refractivity contribution in [1.29, 1.82) is 0 Å². The van der Waals surface area contributed by atoms with Crippen molar-refractivity contribution in [2.45, 2.75) is 65.0 Å². The van der Waals surface area contributed by atoms with Crippen LogP contribution in [-0.4, -0.2) is 37.1 Å². The summed E-state index contributed by atoms with van der Waals surface area (Å²) in [5.41, 5.74) is 0. The summed E-state index contributed by atoms with van der Waals surface area (Å²) in [6.45, 7) is 9.44. The monoisotopic (exact) mass is 252 g/mol. The molecule has 2 aliphatic rings. The third-order valence-electron chi connectivity index (χ3n) is 5.33. The van der Waals surface area contributed by atoms with E-state index in [1.54, 1.807) is 0 Å². The van der Waals surface area contributed by atoms with Crippen molar-refractivity contribution in [3.63, 3.8) is 0 Å². The van der Waals surface area contributed by atoms with Crippen LogP contribution in [0.15, 0.2) is 0 Å². The Morgan fingerprint density at radius 2 is 1.89 bits per heavy atom. The van der Waals surface area contributed by atoms with Gasteiger partial charge < -0.3 is 10.2 Å². The second-order valence-corrected chi connectivity index (χ2v) is 6.73. The summed E-state index contributed by atoms with van der Waals surface area (Å²) < 4.78 is 0. The molecule has 0 aromatic carbocycles. The molecule has 2 aliphatic carbocycles. The number of rotatable bonds is 6. The van der Waals surface area contributed by atoms with Crippen LogP contribution < -0.4 is 5.32 Å². The van der Waals surface area contributed by atoms with Crippen LogP contribution in [0.3, 0.4) is 0 Å². The number of nitrogens with zero attached hydrogens (tertiary/aromatic N) is 1. The first kappa shape index (κ1) is 14.3. The van der Waals surface area contributed by atoms with Gasteiger partial charge in [-0.2, -0.15) is 0 Å². The quantitative estimate of drug-likeness (QED) is 0.781. The molecule has 18 heavy (non-hydrogen) atoms. The average Bonchev–Trinajstić information content (AvgIpc) is 3.05. The first-order chi connectivity index (χ1) is 8.65. The maximum absolute atomic E-state index is 3.72. The van der Waals surface area contributed by atoms with Crippen molar-refractivity contribution in [1.82, 2.24) is 10.2 Å². The van der Waals surface area contributed by atoms with Gasteiger partial charge in [-0.05, 0) is 57.0 Å². The van der Waals surface area contributed by atoms with Gasteiger partial charge in [0.2, 0.25) is 0 Å². The molecule has 2 fully saturated rings. The zero-order valence-corrected chi connectivity index (χ0v) is 12.8. The Bertz CT molecular complexity index is 253. The first-order valence-electron chi connectivity index (χ1n) is 8.09. The summed E-state index contributed by atoms with van der Waals surface area (Å²) in [5.74, 6) is 2.93. The fraction of sp³-hybridized carbons (Fsp3) is 1.00. The second kappa shape index (κ2) is 6.38. The van der Waals surface area contributed by atoms with Crippen LogP contribution >= 0.6 is 0 Å². The smallest absolute Gasteiger partial charge is 0.0249 e. The molecule has 0 radical (unpaired) electrons. The van der Waals surface area contributed by atoms with Gasteiger partial charge in [0, 0.05) is 18.6 Å². The highest BCUT2D eigenvalue weighted by Crippen LogP contribution is 2.39. The minimum absolute atomic E-state index is 0.733. The summed E-state index contributed by atoms with van der Waals surface area (Å²) in [6.07, 6.45) is 7.04. The number of nitrogens with one attached hydrogen (secondary N) is 1. The molecule has 0 spiro atoms. The van der Waals surface area contributed by atoms with E-state index in [1.807, 2.05) is 0 Å². The van der Waals surface area contributed by atoms with Gasteiger partial charge in [-0.3, -0.25) is 0 Å². The normalized spacial score (nSPS) is 40.2. The van der Waals surface area contributed by atoms with Crippen molar-refractivity contribution in [2.75, 3.05) is 20.1 Å². The van der Waals surface area contributed by atoms with E-state index in [9.17, 15) is 0 Å². The Labute approximate surface area is 114 Å². The average molecular weight is 252 g/mol. The van der Waals surface area contributed by atoms with E-state index in [1.165, 1.54) is 38.6 Å². The van der Waals surface area contributed by atoms with E-state index in [2.05, 4.69) is 38.0 Å². The van der Waals surface area contributed by atoms with Gasteiger partial charge in [0.05, 0.1) is 0 Å². The van der Waals surface area contributed by atoms with Gasteiger partial charge in [0.15, 0.2) is 0 Å². The Kier molecular flexibility index (Phi) is 5.08. The Hall–Kier alpha value is -0.0800. The largest absolute Gasteiger partial charge is 0.313 e. The van der Waals surface area contributed by atoms with E-state index >= 15 is 0 Å². The van der Waals surface area contributed by atoms with E-state index < -0.39 is 0 Å². The molecule has 0 aromatic rings. The lowest BCUT2D eigenvalue weighted by Crippen LogP contribution is -2.52. The summed E-state index contributed by atoms with van der Waals surface area (Å²) in [6, 6.07) is 1.51. The van der Waals surface area contributed by atoms with Crippen LogP contribution in [0.25, 0.3) is 0 Å². The van der Waals surface area contributed by atoms with Crippen LogP contribution in [0.5, 0.6) is 0 Å². The molecular formula is C16H32N2. The SMILES string of the molecule is CCNC1CCC(CC)CC1N(C)CC1CC1C. The highest BCUT2D eigenvalue weighted by Gasteiger charge is 2.37. The van der Waals surface area contributed by atoms with Crippen LogP contribution in [0.4, 0.5) is 0 Å². The van der Waals surface area contributed by atoms with Crippen molar-refractivity contribution < 1.29 is 0 Å². The van der Waals surface area contributed by atoms with Gasteiger partial charge in [0.1, 0.15) is 0 Å². The number of hydrogen-bond donors (Lipinski definition) is 1. The molecule has 2 heteroatoms. The molecule has 0 saturated heterocycles. The lowest BCUT2D eigenvalue weighted by Gasteiger charge is -2.41. The van der Waals surface area contributed by atoms with Crippen LogP contribution in [0, 0.1) is 17.8 Å². The predicted molar refractivity (Wildman–Crippen MR) is 78.8 cm³/mol. The van der Waals surface area contributed by atoms with Crippen molar-refractivity contribution in [3.8, 4) is 0 Å².